The summed E-state index contributed by atoms with van der Waals surface area (Å²) in [6, 6.07) is 11.8. The fraction of sp³-hybridized carbons (Fsp3) is 0.304. The summed E-state index contributed by atoms with van der Waals surface area (Å²) in [5.41, 5.74) is 4.66. The monoisotopic (exact) mass is 387 g/mol. The van der Waals surface area contributed by atoms with Crippen molar-refractivity contribution < 1.29 is 4.79 Å². The van der Waals surface area contributed by atoms with Crippen molar-refractivity contribution in [3.05, 3.63) is 71.8 Å². The molecule has 1 fully saturated rings. The summed E-state index contributed by atoms with van der Waals surface area (Å²) in [5, 5.41) is 7.55. The molecule has 6 heteroatoms. The molecule has 0 saturated heterocycles. The molecule has 0 aliphatic heterocycles. The topological polar surface area (TPSA) is 74.2 Å². The van der Waals surface area contributed by atoms with Crippen LogP contribution in [0.4, 0.5) is 0 Å². The molecule has 0 spiro atoms. The number of amides is 1. The van der Waals surface area contributed by atoms with Gasteiger partial charge in [0.05, 0.1) is 12.2 Å². The maximum atomic E-state index is 12.5. The van der Waals surface area contributed by atoms with Gasteiger partial charge in [-0.15, -0.1) is 0 Å². The summed E-state index contributed by atoms with van der Waals surface area (Å²) >= 11 is 0. The molecule has 1 aliphatic carbocycles. The number of pyridine rings is 1. The third-order valence-electron chi connectivity index (χ3n) is 5.79. The normalized spacial score (nSPS) is 14.3. The second-order valence-electron chi connectivity index (χ2n) is 7.93. The van der Waals surface area contributed by atoms with E-state index in [9.17, 15) is 4.79 Å². The minimum Gasteiger partial charge on any atom is -0.361 e. The second kappa shape index (κ2) is 7.72. The number of nitrogens with one attached hydrogen (secondary N) is 3. The van der Waals surface area contributed by atoms with Crippen LogP contribution in [0.1, 0.15) is 40.9 Å². The molecule has 1 amide bonds. The van der Waals surface area contributed by atoms with E-state index in [4.69, 9.17) is 0 Å². The van der Waals surface area contributed by atoms with E-state index in [1.165, 1.54) is 24.8 Å². The lowest BCUT2D eigenvalue weighted by molar-refractivity contribution is 0.0950. The number of benzene rings is 1. The maximum Gasteiger partial charge on any atom is 0.251 e. The number of imidazole rings is 1. The summed E-state index contributed by atoms with van der Waals surface area (Å²) < 4.78 is 2.04. The lowest BCUT2D eigenvalue weighted by atomic mass is 9.85. The van der Waals surface area contributed by atoms with E-state index in [0.717, 1.165) is 41.3 Å². The lowest BCUT2D eigenvalue weighted by Gasteiger charge is -2.25. The number of aromatic amines is 1. The smallest absolute Gasteiger partial charge is 0.251 e. The molecule has 3 N–H and O–H groups in total. The van der Waals surface area contributed by atoms with E-state index in [1.54, 1.807) is 0 Å². The van der Waals surface area contributed by atoms with Gasteiger partial charge in [0.2, 0.25) is 0 Å². The summed E-state index contributed by atoms with van der Waals surface area (Å²) in [7, 11) is 0. The zero-order chi connectivity index (χ0) is 19.6. The first-order valence-electron chi connectivity index (χ1n) is 10.3. The van der Waals surface area contributed by atoms with Crippen molar-refractivity contribution >= 4 is 22.5 Å². The van der Waals surface area contributed by atoms with Crippen LogP contribution in [0.2, 0.25) is 0 Å². The molecule has 6 nitrogen and oxygen atoms in total. The molecule has 0 bridgehead atoms. The Morgan fingerprint density at radius 3 is 2.93 bits per heavy atom. The maximum absolute atomic E-state index is 12.5. The molecule has 0 atom stereocenters. The van der Waals surface area contributed by atoms with Crippen LogP contribution >= 0.6 is 0 Å². The van der Waals surface area contributed by atoms with Gasteiger partial charge in [0.15, 0.2) is 0 Å². The fourth-order valence-electron chi connectivity index (χ4n) is 3.87. The van der Waals surface area contributed by atoms with Crippen molar-refractivity contribution in [3.8, 4) is 0 Å². The van der Waals surface area contributed by atoms with E-state index in [1.807, 2.05) is 47.1 Å². The van der Waals surface area contributed by atoms with Gasteiger partial charge < -0.3 is 20.0 Å². The number of carbonyl (C=O) groups excluding carboxylic acids is 1. The molecule has 3 heterocycles. The average Bonchev–Trinajstić information content (AvgIpc) is 3.33. The van der Waals surface area contributed by atoms with Crippen LogP contribution < -0.4 is 10.6 Å². The van der Waals surface area contributed by atoms with E-state index in [2.05, 4.69) is 32.9 Å². The number of rotatable bonds is 7. The van der Waals surface area contributed by atoms with Crippen LogP contribution in [-0.2, 0) is 13.1 Å². The molecular formula is C23H25N5O. The van der Waals surface area contributed by atoms with Crippen molar-refractivity contribution in [2.75, 3.05) is 6.54 Å². The number of aromatic nitrogens is 3. The Kier molecular flexibility index (Phi) is 4.77. The molecule has 4 aromatic rings. The number of fused-ring (bicyclic) bond motifs is 2. The molecule has 1 aliphatic rings. The first-order chi connectivity index (χ1) is 14.2. The van der Waals surface area contributed by atoms with Crippen molar-refractivity contribution in [1.82, 2.24) is 25.0 Å². The lowest BCUT2D eigenvalue weighted by Crippen LogP contribution is -2.26. The first-order valence-corrected chi connectivity index (χ1v) is 10.3. The molecule has 148 valence electrons. The highest BCUT2D eigenvalue weighted by molar-refractivity contribution is 5.98. The molecular weight excluding hydrogens is 362 g/mol. The van der Waals surface area contributed by atoms with Crippen LogP contribution in [0.25, 0.3) is 16.6 Å². The molecule has 5 rings (SSSR count). The SMILES string of the molecule is O=C(NCc1cn2cc(CNCC3CCC3)ccc2n1)c1ccc2[nH]ccc2c1. The standard InChI is InChI=1S/C23H25N5O/c29-23(19-5-6-21-18(10-19)8-9-25-21)26-13-20-15-28-14-17(4-7-22(28)27-20)12-24-11-16-2-1-3-16/h4-10,14-16,24-25H,1-3,11-13H2,(H,26,29). The van der Waals surface area contributed by atoms with Gasteiger partial charge in [0.25, 0.3) is 5.91 Å². The van der Waals surface area contributed by atoms with Gasteiger partial charge in [-0.25, -0.2) is 4.98 Å². The van der Waals surface area contributed by atoms with E-state index in [-0.39, 0.29) is 5.91 Å². The zero-order valence-electron chi connectivity index (χ0n) is 16.3. The minimum atomic E-state index is -0.0916. The number of H-pyrrole nitrogens is 1. The zero-order valence-corrected chi connectivity index (χ0v) is 16.3. The highest BCUT2D eigenvalue weighted by Crippen LogP contribution is 2.25. The van der Waals surface area contributed by atoms with E-state index >= 15 is 0 Å². The number of hydrogen-bond donors (Lipinski definition) is 3. The highest BCUT2D eigenvalue weighted by atomic mass is 16.1. The van der Waals surface area contributed by atoms with E-state index < -0.39 is 0 Å². The van der Waals surface area contributed by atoms with Gasteiger partial charge in [-0.05, 0) is 61.2 Å². The van der Waals surface area contributed by atoms with Gasteiger partial charge in [-0.3, -0.25) is 4.79 Å². The summed E-state index contributed by atoms with van der Waals surface area (Å²) in [4.78, 5) is 20.2. The molecule has 3 aromatic heterocycles. The third kappa shape index (κ3) is 3.89. The minimum absolute atomic E-state index is 0.0916. The number of hydrogen-bond acceptors (Lipinski definition) is 3. The van der Waals surface area contributed by atoms with Gasteiger partial charge in [-0.1, -0.05) is 12.5 Å². The van der Waals surface area contributed by atoms with Crippen LogP contribution in [0.5, 0.6) is 0 Å². The Morgan fingerprint density at radius 2 is 2.07 bits per heavy atom. The van der Waals surface area contributed by atoms with Gasteiger partial charge in [0, 0.05) is 41.6 Å². The van der Waals surface area contributed by atoms with Crippen molar-refractivity contribution in [2.24, 2.45) is 5.92 Å². The van der Waals surface area contributed by atoms with Crippen LogP contribution in [0.15, 0.2) is 55.0 Å². The van der Waals surface area contributed by atoms with Crippen molar-refractivity contribution in [2.45, 2.75) is 32.4 Å². The van der Waals surface area contributed by atoms with Crippen molar-refractivity contribution in [1.29, 1.82) is 0 Å². The predicted molar refractivity (Wildman–Crippen MR) is 114 cm³/mol. The van der Waals surface area contributed by atoms with Gasteiger partial charge >= 0.3 is 0 Å². The summed E-state index contributed by atoms with van der Waals surface area (Å²) in [5.74, 6) is 0.770. The van der Waals surface area contributed by atoms with Gasteiger partial charge in [-0.2, -0.15) is 0 Å². The Balaban J connectivity index is 1.21. The average molecular weight is 387 g/mol. The second-order valence-corrected chi connectivity index (χ2v) is 7.93. The fourth-order valence-corrected chi connectivity index (χ4v) is 3.87. The Morgan fingerprint density at radius 1 is 1.14 bits per heavy atom. The van der Waals surface area contributed by atoms with Crippen LogP contribution in [0, 0.1) is 5.92 Å². The first kappa shape index (κ1) is 17.9. The number of carbonyl (C=O) groups is 1. The molecule has 29 heavy (non-hydrogen) atoms. The highest BCUT2D eigenvalue weighted by Gasteiger charge is 2.16. The Hall–Kier alpha value is -3.12. The molecule has 0 radical (unpaired) electrons. The predicted octanol–water partition coefficient (Wildman–Crippen LogP) is 3.64. The van der Waals surface area contributed by atoms with Crippen molar-refractivity contribution in [3.63, 3.8) is 0 Å². The molecule has 1 aromatic carbocycles. The van der Waals surface area contributed by atoms with E-state index in [0.29, 0.717) is 12.1 Å². The Labute approximate surface area is 169 Å². The quantitative estimate of drug-likeness (QED) is 0.453. The summed E-state index contributed by atoms with van der Waals surface area (Å²) in [6.45, 7) is 2.38. The van der Waals surface area contributed by atoms with Crippen LogP contribution in [0.3, 0.4) is 0 Å². The van der Waals surface area contributed by atoms with Crippen LogP contribution in [-0.4, -0.2) is 26.8 Å². The Bertz CT molecular complexity index is 1150. The summed E-state index contributed by atoms with van der Waals surface area (Å²) in [6.07, 6.45) is 10.1. The largest absolute Gasteiger partial charge is 0.361 e. The van der Waals surface area contributed by atoms with Gasteiger partial charge in [0.1, 0.15) is 5.65 Å². The molecule has 0 unspecified atom stereocenters. The molecule has 1 saturated carbocycles. The number of nitrogens with zero attached hydrogens (tertiary/aromatic N) is 2. The third-order valence-corrected chi connectivity index (χ3v) is 5.79.